The van der Waals surface area contributed by atoms with Gasteiger partial charge in [-0.1, -0.05) is 53.5 Å². The highest BCUT2D eigenvalue weighted by atomic mass is 35.5. The number of fused-ring (bicyclic) bond motifs is 1. The van der Waals surface area contributed by atoms with E-state index in [0.717, 1.165) is 11.3 Å². The van der Waals surface area contributed by atoms with Crippen molar-refractivity contribution in [3.63, 3.8) is 0 Å². The van der Waals surface area contributed by atoms with Gasteiger partial charge in [0.25, 0.3) is 0 Å². The molecular formula is C15H13Cl2NO. The van der Waals surface area contributed by atoms with Gasteiger partial charge in [0.05, 0.1) is 16.1 Å². The minimum atomic E-state index is 0.200. The molecule has 1 unspecified atom stereocenters. The molecule has 0 aliphatic carbocycles. The molecule has 0 aromatic heterocycles. The van der Waals surface area contributed by atoms with Crippen LogP contribution >= 0.6 is 23.2 Å². The van der Waals surface area contributed by atoms with Gasteiger partial charge in [-0.3, -0.25) is 0 Å². The Bertz CT molecular complexity index is 600. The van der Waals surface area contributed by atoms with Crippen molar-refractivity contribution in [3.8, 4) is 5.75 Å². The van der Waals surface area contributed by atoms with Gasteiger partial charge in [-0.05, 0) is 17.7 Å². The number of hydrogen-bond donors (Lipinski definition) is 1. The molecule has 0 radical (unpaired) electrons. The van der Waals surface area contributed by atoms with E-state index in [2.05, 4.69) is 11.4 Å². The molecule has 3 rings (SSSR count). The smallest absolute Gasteiger partial charge is 0.124 e. The summed E-state index contributed by atoms with van der Waals surface area (Å²) in [5, 5.41) is 4.66. The van der Waals surface area contributed by atoms with E-state index in [1.165, 1.54) is 5.56 Å². The first-order chi connectivity index (χ1) is 9.25. The van der Waals surface area contributed by atoms with E-state index in [1.807, 2.05) is 30.3 Å². The van der Waals surface area contributed by atoms with Gasteiger partial charge < -0.3 is 10.1 Å². The van der Waals surface area contributed by atoms with Gasteiger partial charge in [-0.15, -0.1) is 0 Å². The third-order valence-electron chi connectivity index (χ3n) is 3.27. The molecule has 2 aromatic rings. The second-order valence-electron chi connectivity index (χ2n) is 4.50. The van der Waals surface area contributed by atoms with Crippen molar-refractivity contribution < 1.29 is 4.74 Å². The van der Waals surface area contributed by atoms with Gasteiger partial charge in [0.1, 0.15) is 12.4 Å². The molecule has 0 amide bonds. The lowest BCUT2D eigenvalue weighted by atomic mass is 10.1. The van der Waals surface area contributed by atoms with E-state index in [0.29, 0.717) is 23.2 Å². The second-order valence-corrected chi connectivity index (χ2v) is 5.28. The quantitative estimate of drug-likeness (QED) is 0.915. The Morgan fingerprint density at radius 3 is 2.84 bits per heavy atom. The van der Waals surface area contributed by atoms with Crippen LogP contribution in [-0.4, -0.2) is 6.61 Å². The van der Waals surface area contributed by atoms with E-state index in [-0.39, 0.29) is 6.04 Å². The standard InChI is InChI=1S/C15H13Cl2NO/c16-12-6-3-4-10(15(12)17)8-18-13-9-19-14-7-2-1-5-11(13)14/h1-7,13,18H,8-9H2. The molecule has 98 valence electrons. The summed E-state index contributed by atoms with van der Waals surface area (Å²) in [4.78, 5) is 0. The normalized spacial score (nSPS) is 17.1. The monoisotopic (exact) mass is 293 g/mol. The maximum Gasteiger partial charge on any atom is 0.124 e. The highest BCUT2D eigenvalue weighted by Gasteiger charge is 2.23. The first-order valence-corrected chi connectivity index (χ1v) is 6.89. The number of ether oxygens (including phenoxy) is 1. The summed E-state index contributed by atoms with van der Waals surface area (Å²) in [6.07, 6.45) is 0. The Kier molecular flexibility index (Phi) is 3.65. The van der Waals surface area contributed by atoms with Crippen LogP contribution in [0, 0.1) is 0 Å². The molecule has 1 heterocycles. The van der Waals surface area contributed by atoms with Crippen molar-refractivity contribution >= 4 is 23.2 Å². The third kappa shape index (κ3) is 2.57. The summed E-state index contributed by atoms with van der Waals surface area (Å²) in [5.41, 5.74) is 2.19. The molecule has 1 aliphatic rings. The first-order valence-electron chi connectivity index (χ1n) is 6.13. The predicted molar refractivity (Wildman–Crippen MR) is 78.0 cm³/mol. The van der Waals surface area contributed by atoms with Crippen molar-refractivity contribution in [1.82, 2.24) is 5.32 Å². The van der Waals surface area contributed by atoms with E-state index < -0.39 is 0 Å². The van der Waals surface area contributed by atoms with Crippen molar-refractivity contribution in [2.75, 3.05) is 6.61 Å². The average Bonchev–Trinajstić information content (AvgIpc) is 2.84. The average molecular weight is 294 g/mol. The summed E-state index contributed by atoms with van der Waals surface area (Å²) in [6.45, 7) is 1.32. The SMILES string of the molecule is Clc1cccc(CNC2COc3ccccc32)c1Cl. The fourth-order valence-electron chi connectivity index (χ4n) is 2.25. The Balaban J connectivity index is 1.73. The number of halogens is 2. The van der Waals surface area contributed by atoms with Gasteiger partial charge >= 0.3 is 0 Å². The highest BCUT2D eigenvalue weighted by Crippen LogP contribution is 2.32. The van der Waals surface area contributed by atoms with Crippen LogP contribution in [-0.2, 0) is 6.54 Å². The van der Waals surface area contributed by atoms with Crippen LogP contribution in [0.3, 0.4) is 0 Å². The molecule has 4 heteroatoms. The van der Waals surface area contributed by atoms with Crippen molar-refractivity contribution in [1.29, 1.82) is 0 Å². The Morgan fingerprint density at radius 2 is 1.95 bits per heavy atom. The van der Waals surface area contributed by atoms with Crippen LogP contribution in [0.5, 0.6) is 5.75 Å². The maximum absolute atomic E-state index is 6.18. The number of hydrogen-bond acceptors (Lipinski definition) is 2. The van der Waals surface area contributed by atoms with E-state index in [1.54, 1.807) is 6.07 Å². The second kappa shape index (κ2) is 5.41. The lowest BCUT2D eigenvalue weighted by Gasteiger charge is -2.13. The van der Waals surface area contributed by atoms with Crippen LogP contribution in [0.15, 0.2) is 42.5 Å². The van der Waals surface area contributed by atoms with E-state index in [4.69, 9.17) is 27.9 Å². The summed E-state index contributed by atoms with van der Waals surface area (Å²) in [6, 6.07) is 14.0. The van der Waals surface area contributed by atoms with Gasteiger partial charge in [-0.25, -0.2) is 0 Å². The van der Waals surface area contributed by atoms with Crippen LogP contribution in [0.4, 0.5) is 0 Å². The first kappa shape index (κ1) is 12.8. The van der Waals surface area contributed by atoms with Crippen molar-refractivity contribution in [2.45, 2.75) is 12.6 Å². The van der Waals surface area contributed by atoms with Gasteiger partial charge in [0.2, 0.25) is 0 Å². The zero-order chi connectivity index (χ0) is 13.2. The molecule has 0 spiro atoms. The highest BCUT2D eigenvalue weighted by molar-refractivity contribution is 6.42. The number of para-hydroxylation sites is 1. The van der Waals surface area contributed by atoms with Gasteiger partial charge in [-0.2, -0.15) is 0 Å². The zero-order valence-corrected chi connectivity index (χ0v) is 11.7. The van der Waals surface area contributed by atoms with Crippen molar-refractivity contribution in [3.05, 3.63) is 63.6 Å². The van der Waals surface area contributed by atoms with Gasteiger partial charge in [0.15, 0.2) is 0 Å². The van der Waals surface area contributed by atoms with E-state index in [9.17, 15) is 0 Å². The van der Waals surface area contributed by atoms with Crippen LogP contribution < -0.4 is 10.1 Å². The topological polar surface area (TPSA) is 21.3 Å². The number of benzene rings is 2. The molecule has 0 fully saturated rings. The maximum atomic E-state index is 6.18. The zero-order valence-electron chi connectivity index (χ0n) is 10.2. The van der Waals surface area contributed by atoms with Crippen LogP contribution in [0.25, 0.3) is 0 Å². The summed E-state index contributed by atoms with van der Waals surface area (Å²) in [5.74, 6) is 0.956. The third-order valence-corrected chi connectivity index (χ3v) is 4.13. The molecule has 2 nitrogen and oxygen atoms in total. The Morgan fingerprint density at radius 1 is 1.11 bits per heavy atom. The van der Waals surface area contributed by atoms with Crippen LogP contribution in [0.1, 0.15) is 17.2 Å². The molecule has 0 saturated heterocycles. The minimum absolute atomic E-state index is 0.200. The lowest BCUT2D eigenvalue weighted by molar-refractivity contribution is 0.310. The van der Waals surface area contributed by atoms with Gasteiger partial charge in [0, 0.05) is 12.1 Å². The molecule has 1 aliphatic heterocycles. The fourth-order valence-corrected chi connectivity index (χ4v) is 2.64. The molecule has 19 heavy (non-hydrogen) atoms. The number of rotatable bonds is 3. The number of nitrogens with one attached hydrogen (secondary N) is 1. The summed E-state index contributed by atoms with van der Waals surface area (Å²) >= 11 is 12.2. The molecule has 1 atom stereocenters. The molecule has 0 bridgehead atoms. The van der Waals surface area contributed by atoms with E-state index >= 15 is 0 Å². The molecular weight excluding hydrogens is 281 g/mol. The Hall–Kier alpha value is -1.22. The molecule has 2 aromatic carbocycles. The Labute approximate surface area is 122 Å². The predicted octanol–water partition coefficient (Wildman–Crippen LogP) is 4.22. The summed E-state index contributed by atoms with van der Waals surface area (Å²) < 4.78 is 5.63. The largest absolute Gasteiger partial charge is 0.491 e. The summed E-state index contributed by atoms with van der Waals surface area (Å²) in [7, 11) is 0. The van der Waals surface area contributed by atoms with Crippen molar-refractivity contribution in [2.24, 2.45) is 0 Å². The molecule has 1 N–H and O–H groups in total. The lowest BCUT2D eigenvalue weighted by Crippen LogP contribution is -2.22. The van der Waals surface area contributed by atoms with Crippen LogP contribution in [0.2, 0.25) is 10.0 Å². The minimum Gasteiger partial charge on any atom is -0.491 e. The fraction of sp³-hybridized carbons (Fsp3) is 0.200. The molecule has 0 saturated carbocycles.